The molecule has 196 valence electrons. The average Bonchev–Trinajstić information content (AvgIpc) is 2.83. The topological polar surface area (TPSA) is 79.8 Å². The normalized spacial score (nSPS) is 17.7. The summed E-state index contributed by atoms with van der Waals surface area (Å²) in [4.78, 5) is 24.6. The lowest BCUT2D eigenvalue weighted by Gasteiger charge is -2.36. The molecule has 0 aliphatic carbocycles. The molecule has 2 saturated heterocycles. The number of nitrogens with one attached hydrogen (secondary N) is 1. The maximum atomic E-state index is 13.8. The zero-order chi connectivity index (χ0) is 25.9. The molecule has 0 spiro atoms. The minimum absolute atomic E-state index is 0.202. The van der Waals surface area contributed by atoms with E-state index in [0.717, 1.165) is 25.0 Å². The molecule has 1 amide bonds. The summed E-state index contributed by atoms with van der Waals surface area (Å²) in [5, 5.41) is 3.34. The number of nitrogens with zero attached hydrogens (tertiary/aromatic N) is 4. The maximum Gasteiger partial charge on any atom is 0.416 e. The van der Waals surface area contributed by atoms with E-state index in [-0.39, 0.29) is 17.6 Å². The molecule has 8 nitrogen and oxygen atoms in total. The van der Waals surface area contributed by atoms with Gasteiger partial charge < -0.3 is 24.6 Å². The summed E-state index contributed by atoms with van der Waals surface area (Å²) in [5.41, 5.74) is -0.631. The maximum absolute atomic E-state index is 13.8. The number of halogens is 3. The Morgan fingerprint density at radius 3 is 2.42 bits per heavy atom. The summed E-state index contributed by atoms with van der Waals surface area (Å²) < 4.78 is 52.2. The Morgan fingerprint density at radius 1 is 1.08 bits per heavy atom. The number of pyridine rings is 2. The number of rotatable bonds is 4. The van der Waals surface area contributed by atoms with Crippen molar-refractivity contribution in [3.05, 3.63) is 36.0 Å². The van der Waals surface area contributed by atoms with Crippen LogP contribution in [0, 0.1) is 0 Å². The van der Waals surface area contributed by atoms with Gasteiger partial charge in [-0.15, -0.1) is 0 Å². The number of carbonyl (C=O) groups is 1. The quantitative estimate of drug-likeness (QED) is 0.636. The van der Waals surface area contributed by atoms with E-state index in [9.17, 15) is 18.0 Å². The second kappa shape index (κ2) is 10.5. The first-order chi connectivity index (χ1) is 17.0. The van der Waals surface area contributed by atoms with E-state index < -0.39 is 23.4 Å². The molecule has 4 heterocycles. The molecule has 1 N–H and O–H groups in total. The summed E-state index contributed by atoms with van der Waals surface area (Å²) >= 11 is 0. The largest absolute Gasteiger partial charge is 0.444 e. The van der Waals surface area contributed by atoms with E-state index in [4.69, 9.17) is 9.47 Å². The van der Waals surface area contributed by atoms with Gasteiger partial charge in [-0.25, -0.2) is 14.8 Å². The van der Waals surface area contributed by atoms with Gasteiger partial charge in [0.05, 0.1) is 11.3 Å². The lowest BCUT2D eigenvalue weighted by molar-refractivity contribution is -0.137. The predicted molar refractivity (Wildman–Crippen MR) is 130 cm³/mol. The molecular formula is C25H32F3N5O3. The Balaban J connectivity index is 1.54. The van der Waals surface area contributed by atoms with Gasteiger partial charge in [0, 0.05) is 57.2 Å². The van der Waals surface area contributed by atoms with Gasteiger partial charge in [-0.3, -0.25) is 0 Å². The fraction of sp³-hybridized carbons (Fsp3) is 0.560. The standard InChI is InChI=1S/C25H32F3N5O3/c1-24(2,3)36-23(34)33-10-8-32(9-11-33)22-16-18(25(26,27)28)15-20(31-22)17-4-7-29-21(14-17)30-19-5-12-35-13-6-19/h4,7,14-16,19H,5-6,8-13H2,1-3H3,(H,29,30). The van der Waals surface area contributed by atoms with E-state index >= 15 is 0 Å². The number of carbonyl (C=O) groups excluding carboxylic acids is 1. The summed E-state index contributed by atoms with van der Waals surface area (Å²) in [5.74, 6) is 0.811. The van der Waals surface area contributed by atoms with Crippen molar-refractivity contribution in [3.8, 4) is 11.3 Å². The van der Waals surface area contributed by atoms with Crippen molar-refractivity contribution < 1.29 is 27.4 Å². The SMILES string of the molecule is CC(C)(C)OC(=O)N1CCN(c2cc(C(F)(F)F)cc(-c3ccnc(NC4CCOCC4)c3)n2)CC1. The van der Waals surface area contributed by atoms with E-state index in [1.165, 1.54) is 0 Å². The second-order valence-corrected chi connectivity index (χ2v) is 10.0. The van der Waals surface area contributed by atoms with Crippen LogP contribution in [0.25, 0.3) is 11.3 Å². The van der Waals surface area contributed by atoms with Crippen LogP contribution < -0.4 is 10.2 Å². The van der Waals surface area contributed by atoms with Crippen molar-refractivity contribution in [1.29, 1.82) is 0 Å². The van der Waals surface area contributed by atoms with Crippen molar-refractivity contribution in [2.24, 2.45) is 0 Å². The van der Waals surface area contributed by atoms with Gasteiger partial charge in [0.2, 0.25) is 0 Å². The van der Waals surface area contributed by atoms with Crippen LogP contribution in [0.5, 0.6) is 0 Å². The fourth-order valence-corrected chi connectivity index (χ4v) is 4.15. The summed E-state index contributed by atoms with van der Waals surface area (Å²) in [6.45, 7) is 8.05. The van der Waals surface area contributed by atoms with Crippen LogP contribution >= 0.6 is 0 Å². The Bertz CT molecular complexity index is 1060. The highest BCUT2D eigenvalue weighted by Gasteiger charge is 2.33. The molecule has 0 aromatic carbocycles. The third-order valence-electron chi connectivity index (χ3n) is 6.02. The minimum atomic E-state index is -4.53. The zero-order valence-electron chi connectivity index (χ0n) is 20.8. The Kier molecular flexibility index (Phi) is 7.58. The molecule has 36 heavy (non-hydrogen) atoms. The molecule has 2 aromatic heterocycles. The molecule has 2 aliphatic heterocycles. The monoisotopic (exact) mass is 507 g/mol. The van der Waals surface area contributed by atoms with Gasteiger partial charge in [-0.05, 0) is 57.9 Å². The lowest BCUT2D eigenvalue weighted by atomic mass is 10.1. The van der Waals surface area contributed by atoms with Gasteiger partial charge in [-0.2, -0.15) is 13.2 Å². The van der Waals surface area contributed by atoms with Crippen LogP contribution in [0.4, 0.5) is 29.6 Å². The molecule has 2 fully saturated rings. The number of amides is 1. The minimum Gasteiger partial charge on any atom is -0.444 e. The van der Waals surface area contributed by atoms with E-state index in [2.05, 4.69) is 15.3 Å². The van der Waals surface area contributed by atoms with Crippen molar-refractivity contribution >= 4 is 17.7 Å². The number of piperazine rings is 1. The van der Waals surface area contributed by atoms with Gasteiger partial charge in [0.25, 0.3) is 0 Å². The van der Waals surface area contributed by atoms with Gasteiger partial charge >= 0.3 is 12.3 Å². The first-order valence-corrected chi connectivity index (χ1v) is 12.1. The van der Waals surface area contributed by atoms with Crippen LogP contribution in [0.15, 0.2) is 30.5 Å². The molecule has 0 bridgehead atoms. The summed E-state index contributed by atoms with van der Waals surface area (Å²) in [7, 11) is 0. The molecule has 0 atom stereocenters. The number of hydrogen-bond donors (Lipinski definition) is 1. The number of alkyl halides is 3. The summed E-state index contributed by atoms with van der Waals surface area (Å²) in [6, 6.07) is 5.71. The molecule has 0 unspecified atom stereocenters. The molecule has 2 aliphatic rings. The average molecular weight is 508 g/mol. The molecular weight excluding hydrogens is 475 g/mol. The van der Waals surface area contributed by atoms with Crippen molar-refractivity contribution in [1.82, 2.24) is 14.9 Å². The first-order valence-electron chi connectivity index (χ1n) is 12.1. The Hall–Kier alpha value is -3.08. The fourth-order valence-electron chi connectivity index (χ4n) is 4.15. The van der Waals surface area contributed by atoms with Crippen molar-refractivity contribution in [2.45, 2.75) is 51.4 Å². The van der Waals surface area contributed by atoms with Crippen LogP contribution in [-0.2, 0) is 15.7 Å². The number of hydrogen-bond acceptors (Lipinski definition) is 7. The highest BCUT2D eigenvalue weighted by Crippen LogP contribution is 2.35. The highest BCUT2D eigenvalue weighted by atomic mass is 19.4. The smallest absolute Gasteiger partial charge is 0.416 e. The van der Waals surface area contributed by atoms with Gasteiger partial charge in [-0.1, -0.05) is 0 Å². The van der Waals surface area contributed by atoms with E-state index in [1.807, 2.05) is 0 Å². The molecule has 11 heteroatoms. The molecule has 0 radical (unpaired) electrons. The second-order valence-electron chi connectivity index (χ2n) is 10.0. The predicted octanol–water partition coefficient (Wildman–Crippen LogP) is 4.81. The van der Waals surface area contributed by atoms with Gasteiger partial charge in [0.1, 0.15) is 17.2 Å². The molecule has 2 aromatic rings. The first kappa shape index (κ1) is 26.0. The number of ether oxygens (including phenoxy) is 2. The van der Waals surface area contributed by atoms with Crippen molar-refractivity contribution in [3.63, 3.8) is 0 Å². The van der Waals surface area contributed by atoms with Crippen LogP contribution in [0.2, 0.25) is 0 Å². The lowest BCUT2D eigenvalue weighted by Crippen LogP contribution is -2.50. The number of aromatic nitrogens is 2. The molecule has 0 saturated carbocycles. The zero-order valence-corrected chi connectivity index (χ0v) is 20.8. The molecule has 4 rings (SSSR count). The third kappa shape index (κ3) is 6.77. The van der Waals surface area contributed by atoms with E-state index in [0.29, 0.717) is 50.8 Å². The highest BCUT2D eigenvalue weighted by molar-refractivity contribution is 5.69. The van der Waals surface area contributed by atoms with Crippen LogP contribution in [-0.4, -0.2) is 72.0 Å². The van der Waals surface area contributed by atoms with Crippen LogP contribution in [0.1, 0.15) is 39.2 Å². The summed E-state index contributed by atoms with van der Waals surface area (Å²) in [6.07, 6.45) is -1.71. The third-order valence-corrected chi connectivity index (χ3v) is 6.02. The van der Waals surface area contributed by atoms with E-state index in [1.54, 1.807) is 48.9 Å². The van der Waals surface area contributed by atoms with Gasteiger partial charge in [0.15, 0.2) is 0 Å². The van der Waals surface area contributed by atoms with Crippen molar-refractivity contribution in [2.75, 3.05) is 49.6 Å². The Labute approximate surface area is 208 Å². The number of anilines is 2. The Morgan fingerprint density at radius 2 is 1.78 bits per heavy atom. The van der Waals surface area contributed by atoms with Crippen LogP contribution in [0.3, 0.4) is 0 Å².